The molecule has 2 aliphatic rings. The monoisotopic (exact) mass is 391 g/mol. The van der Waals surface area contributed by atoms with E-state index < -0.39 is 0 Å². The molecule has 2 aromatic carbocycles. The Labute approximate surface area is 169 Å². The van der Waals surface area contributed by atoms with Crippen molar-refractivity contribution in [2.75, 3.05) is 32.7 Å². The zero-order chi connectivity index (χ0) is 20.0. The summed E-state index contributed by atoms with van der Waals surface area (Å²) in [4.78, 5) is 29.4. The minimum absolute atomic E-state index is 0.0740. The average Bonchev–Trinajstić information content (AvgIpc) is 3.10. The number of nitrogens with one attached hydrogen (secondary N) is 1. The summed E-state index contributed by atoms with van der Waals surface area (Å²) in [5.41, 5.74) is 1.66. The first-order valence-electron chi connectivity index (χ1n) is 10.3. The van der Waals surface area contributed by atoms with Crippen LogP contribution in [-0.2, 0) is 4.79 Å². The van der Waals surface area contributed by atoms with Crippen molar-refractivity contribution in [3.63, 3.8) is 0 Å². The van der Waals surface area contributed by atoms with Crippen LogP contribution in [0.15, 0.2) is 40.8 Å². The summed E-state index contributed by atoms with van der Waals surface area (Å²) in [6.07, 6.45) is 1.84. The number of piperidine rings is 1. The van der Waals surface area contributed by atoms with E-state index in [1.807, 2.05) is 47.1 Å². The van der Waals surface area contributed by atoms with E-state index in [0.717, 1.165) is 46.7 Å². The van der Waals surface area contributed by atoms with Crippen molar-refractivity contribution in [1.82, 2.24) is 15.1 Å². The number of benzene rings is 2. The van der Waals surface area contributed by atoms with E-state index in [4.69, 9.17) is 4.42 Å². The number of amides is 2. The summed E-state index contributed by atoms with van der Waals surface area (Å²) < 4.78 is 6.15. The number of likely N-dealkylation sites (tertiary alicyclic amines) is 1. The summed E-state index contributed by atoms with van der Waals surface area (Å²) >= 11 is 0. The van der Waals surface area contributed by atoms with Gasteiger partial charge in [0.25, 0.3) is 5.91 Å². The Kier molecular flexibility index (Phi) is 4.51. The topological polar surface area (TPSA) is 65.8 Å². The number of aryl methyl sites for hydroxylation is 1. The summed E-state index contributed by atoms with van der Waals surface area (Å²) in [7, 11) is 0. The molecule has 6 nitrogen and oxygen atoms in total. The van der Waals surface area contributed by atoms with Gasteiger partial charge >= 0.3 is 0 Å². The van der Waals surface area contributed by atoms with Crippen LogP contribution in [0.3, 0.4) is 0 Å². The summed E-state index contributed by atoms with van der Waals surface area (Å²) in [5, 5.41) is 6.22. The number of hydrogen-bond donors (Lipinski definition) is 1. The molecule has 0 spiro atoms. The zero-order valence-corrected chi connectivity index (χ0v) is 16.6. The normalized spacial score (nSPS) is 20.6. The van der Waals surface area contributed by atoms with Gasteiger partial charge in [0, 0.05) is 48.6 Å². The van der Waals surface area contributed by atoms with E-state index in [9.17, 15) is 9.59 Å². The third-order valence-electron chi connectivity index (χ3n) is 6.27. The van der Waals surface area contributed by atoms with Gasteiger partial charge in [-0.2, -0.15) is 0 Å². The number of hydrogen-bond acceptors (Lipinski definition) is 4. The second-order valence-electron chi connectivity index (χ2n) is 8.03. The van der Waals surface area contributed by atoms with Gasteiger partial charge in [-0.15, -0.1) is 0 Å². The Morgan fingerprint density at radius 2 is 2.00 bits per heavy atom. The fourth-order valence-electron chi connectivity index (χ4n) is 4.70. The predicted molar refractivity (Wildman–Crippen MR) is 112 cm³/mol. The van der Waals surface area contributed by atoms with Gasteiger partial charge < -0.3 is 19.5 Å². The molecule has 0 saturated carbocycles. The first-order valence-corrected chi connectivity index (χ1v) is 10.3. The summed E-state index contributed by atoms with van der Waals surface area (Å²) in [5.74, 6) is 0.473. The quantitative estimate of drug-likeness (QED) is 0.730. The molecule has 3 aromatic rings. The van der Waals surface area contributed by atoms with Gasteiger partial charge in [-0.1, -0.05) is 36.4 Å². The first-order chi connectivity index (χ1) is 14.1. The maximum Gasteiger partial charge on any atom is 0.289 e. The Morgan fingerprint density at radius 1 is 1.14 bits per heavy atom. The lowest BCUT2D eigenvalue weighted by molar-refractivity contribution is -0.135. The lowest BCUT2D eigenvalue weighted by Crippen LogP contribution is -2.57. The van der Waals surface area contributed by atoms with E-state index in [0.29, 0.717) is 31.9 Å². The Bertz CT molecular complexity index is 1100. The van der Waals surface area contributed by atoms with Crippen molar-refractivity contribution in [2.24, 2.45) is 0 Å². The Balaban J connectivity index is 1.45. The highest BCUT2D eigenvalue weighted by atomic mass is 16.3. The fourth-order valence-corrected chi connectivity index (χ4v) is 4.70. The van der Waals surface area contributed by atoms with Crippen molar-refractivity contribution >= 4 is 33.6 Å². The van der Waals surface area contributed by atoms with Crippen LogP contribution in [0.2, 0.25) is 0 Å². The lowest BCUT2D eigenvalue weighted by Gasteiger charge is -2.40. The number of fused-ring (bicyclic) bond motifs is 3. The molecule has 1 unspecified atom stereocenters. The number of rotatable bonds is 2. The van der Waals surface area contributed by atoms with Crippen LogP contribution in [0, 0.1) is 6.92 Å². The van der Waals surface area contributed by atoms with Crippen molar-refractivity contribution in [2.45, 2.75) is 25.8 Å². The molecule has 150 valence electrons. The van der Waals surface area contributed by atoms with E-state index in [1.54, 1.807) is 0 Å². The molecule has 1 N–H and O–H groups in total. The molecule has 0 bridgehead atoms. The molecule has 2 fully saturated rings. The minimum atomic E-state index is -0.0740. The predicted octanol–water partition coefficient (Wildman–Crippen LogP) is 2.93. The average molecular weight is 391 g/mol. The zero-order valence-electron chi connectivity index (χ0n) is 16.6. The Hall–Kier alpha value is -2.86. The number of nitrogens with zero attached hydrogens (tertiary/aromatic N) is 2. The molecule has 3 heterocycles. The molecule has 2 amide bonds. The van der Waals surface area contributed by atoms with Crippen LogP contribution in [-0.4, -0.2) is 60.4 Å². The number of carbonyl (C=O) groups is 2. The maximum atomic E-state index is 13.4. The van der Waals surface area contributed by atoms with Crippen molar-refractivity contribution < 1.29 is 14.0 Å². The molecule has 1 aromatic heterocycles. The molecule has 5 rings (SSSR count). The molecular weight excluding hydrogens is 366 g/mol. The maximum absolute atomic E-state index is 13.4. The van der Waals surface area contributed by atoms with E-state index in [2.05, 4.69) is 11.4 Å². The first kappa shape index (κ1) is 18.2. The number of piperazine rings is 1. The van der Waals surface area contributed by atoms with Gasteiger partial charge in [-0.25, -0.2) is 0 Å². The van der Waals surface area contributed by atoms with Crippen LogP contribution in [0.25, 0.3) is 21.7 Å². The van der Waals surface area contributed by atoms with Crippen LogP contribution in [0.1, 0.15) is 29.0 Å². The highest BCUT2D eigenvalue weighted by Gasteiger charge is 2.33. The van der Waals surface area contributed by atoms with Gasteiger partial charge in [0.15, 0.2) is 5.76 Å². The van der Waals surface area contributed by atoms with Crippen LogP contribution in [0.4, 0.5) is 0 Å². The van der Waals surface area contributed by atoms with Crippen LogP contribution < -0.4 is 5.32 Å². The highest BCUT2D eigenvalue weighted by molar-refractivity contribution is 6.08. The highest BCUT2D eigenvalue weighted by Crippen LogP contribution is 2.32. The smallest absolute Gasteiger partial charge is 0.289 e. The summed E-state index contributed by atoms with van der Waals surface area (Å²) in [6, 6.07) is 12.3. The second kappa shape index (κ2) is 7.19. The largest absolute Gasteiger partial charge is 0.450 e. The molecule has 2 saturated heterocycles. The Morgan fingerprint density at radius 3 is 2.86 bits per heavy atom. The molecule has 6 heteroatoms. The van der Waals surface area contributed by atoms with Gasteiger partial charge in [-0.3, -0.25) is 9.59 Å². The number of furan rings is 1. The van der Waals surface area contributed by atoms with Crippen molar-refractivity contribution in [1.29, 1.82) is 0 Å². The van der Waals surface area contributed by atoms with Gasteiger partial charge in [-0.05, 0) is 25.2 Å². The summed E-state index contributed by atoms with van der Waals surface area (Å²) in [6.45, 7) is 5.14. The van der Waals surface area contributed by atoms with E-state index in [-0.39, 0.29) is 17.9 Å². The molecule has 2 aliphatic heterocycles. The second-order valence-corrected chi connectivity index (χ2v) is 8.03. The molecular formula is C23H25N3O3. The lowest BCUT2D eigenvalue weighted by atomic mass is 10.0. The minimum Gasteiger partial charge on any atom is -0.450 e. The van der Waals surface area contributed by atoms with Gasteiger partial charge in [0.1, 0.15) is 5.58 Å². The van der Waals surface area contributed by atoms with Gasteiger partial charge in [0.2, 0.25) is 5.91 Å². The van der Waals surface area contributed by atoms with Crippen LogP contribution in [0.5, 0.6) is 0 Å². The molecule has 0 aliphatic carbocycles. The van der Waals surface area contributed by atoms with Gasteiger partial charge in [0.05, 0.1) is 6.54 Å². The van der Waals surface area contributed by atoms with Crippen molar-refractivity contribution in [3.8, 4) is 0 Å². The standard InChI is InChI=1S/C23H25N3O3/c1-15-18-9-8-16-5-2-3-7-19(16)22(18)29-21(15)23(28)25-11-4-6-17(14-25)26-12-10-24-13-20(26)27/h2-3,5,7-9,17,24H,4,6,10-14H2,1H3. The van der Waals surface area contributed by atoms with Crippen molar-refractivity contribution in [3.05, 3.63) is 47.7 Å². The molecule has 29 heavy (non-hydrogen) atoms. The van der Waals surface area contributed by atoms with E-state index >= 15 is 0 Å². The third-order valence-corrected chi connectivity index (χ3v) is 6.27. The SMILES string of the molecule is Cc1c(C(=O)N2CCCC(N3CCNCC3=O)C2)oc2c1ccc1ccccc12. The third kappa shape index (κ3) is 3.08. The van der Waals surface area contributed by atoms with E-state index in [1.165, 1.54) is 0 Å². The molecule has 1 atom stereocenters. The van der Waals surface area contributed by atoms with Crippen LogP contribution >= 0.6 is 0 Å². The fraction of sp³-hybridized carbons (Fsp3) is 0.391. The number of carbonyl (C=O) groups excluding carboxylic acids is 2. The molecule has 0 radical (unpaired) electrons.